The number of para-hydroxylation sites is 4. The summed E-state index contributed by atoms with van der Waals surface area (Å²) >= 11 is 0. The Balaban J connectivity index is 0.000000143. The van der Waals surface area contributed by atoms with E-state index in [9.17, 15) is 0 Å². The summed E-state index contributed by atoms with van der Waals surface area (Å²) in [6.07, 6.45) is 0. The predicted octanol–water partition coefficient (Wildman–Crippen LogP) is 29.7. The highest BCUT2D eigenvalue weighted by atomic mass is 16.3. The normalized spacial score (nSPS) is 11.5. The number of rotatable bonds is 14. The molecule has 10 nitrogen and oxygen atoms in total. The van der Waals surface area contributed by atoms with Gasteiger partial charge in [0.25, 0.3) is 0 Å². The molecular weight excluding hydrogens is 1510 g/mol. The fraction of sp³-hybridized carbons (Fsp3) is 0. The number of furan rings is 2. The van der Waals surface area contributed by atoms with E-state index in [1.54, 1.807) is 0 Å². The van der Waals surface area contributed by atoms with E-state index in [1.165, 1.54) is 32.7 Å². The van der Waals surface area contributed by atoms with Crippen LogP contribution in [-0.4, -0.2) is 39.0 Å². The fourth-order valence-electron chi connectivity index (χ4n) is 17.8. The maximum atomic E-state index is 6.80. The summed E-state index contributed by atoms with van der Waals surface area (Å²) in [6, 6.07) is 153. The average Bonchev–Trinajstić information content (AvgIpc) is 1.56. The molecule has 0 amide bonds. The summed E-state index contributed by atoms with van der Waals surface area (Å²) in [5, 5.41) is 8.95. The lowest BCUT2D eigenvalue weighted by Crippen LogP contribution is -2.01. The molecule has 24 rings (SSSR count). The third-order valence-corrected chi connectivity index (χ3v) is 23.7. The Hall–Kier alpha value is -16.8. The lowest BCUT2D eigenvalue weighted by molar-refractivity contribution is 0.669. The largest absolute Gasteiger partial charge is 0.456 e. The van der Waals surface area contributed by atoms with Gasteiger partial charge < -0.3 is 18.0 Å². The quantitative estimate of drug-likeness (QED) is 0.106. The number of aromatic nitrogens is 8. The van der Waals surface area contributed by atoms with Crippen molar-refractivity contribution in [3.05, 3.63) is 437 Å². The van der Waals surface area contributed by atoms with Gasteiger partial charge in [-0.3, -0.25) is 0 Å². The maximum Gasteiger partial charge on any atom is 0.164 e. The van der Waals surface area contributed by atoms with E-state index >= 15 is 0 Å². The predicted molar refractivity (Wildman–Crippen MR) is 508 cm³/mol. The summed E-state index contributed by atoms with van der Waals surface area (Å²) in [4.78, 5) is 31.1. The minimum absolute atomic E-state index is 0.590. The van der Waals surface area contributed by atoms with Gasteiger partial charge in [0.15, 0.2) is 34.9 Å². The van der Waals surface area contributed by atoms with Crippen molar-refractivity contribution in [3.63, 3.8) is 0 Å². The van der Waals surface area contributed by atoms with Crippen LogP contribution in [0.25, 0.3) is 234 Å². The maximum absolute atomic E-state index is 6.80. The number of fused-ring (bicyclic) bond motifs is 12. The Labute approximate surface area is 713 Å². The molecular formula is C114H72N8O2. The smallest absolute Gasteiger partial charge is 0.164 e. The van der Waals surface area contributed by atoms with Crippen molar-refractivity contribution < 1.29 is 8.83 Å². The zero-order valence-corrected chi connectivity index (χ0v) is 67.0. The molecule has 6 heterocycles. The molecule has 0 N–H and O–H groups in total. The molecule has 0 atom stereocenters. The van der Waals surface area contributed by atoms with E-state index in [0.717, 1.165) is 166 Å². The van der Waals surface area contributed by atoms with Crippen LogP contribution in [0, 0.1) is 0 Å². The first kappa shape index (κ1) is 72.4. The van der Waals surface area contributed by atoms with Crippen LogP contribution in [0.1, 0.15) is 0 Å². The molecule has 10 heteroatoms. The first-order chi connectivity index (χ1) is 61.4. The number of hydrogen-bond donors (Lipinski definition) is 0. The molecule has 18 aromatic carbocycles. The first-order valence-corrected chi connectivity index (χ1v) is 41.7. The topological polar surface area (TPSA) is 113 Å². The van der Waals surface area contributed by atoms with Crippen LogP contribution < -0.4 is 0 Å². The van der Waals surface area contributed by atoms with Crippen molar-refractivity contribution in [2.24, 2.45) is 0 Å². The number of hydrogen-bond acceptors (Lipinski definition) is 8. The zero-order valence-electron chi connectivity index (χ0n) is 67.0. The van der Waals surface area contributed by atoms with Gasteiger partial charge in [-0.05, 0) is 158 Å². The van der Waals surface area contributed by atoms with E-state index < -0.39 is 0 Å². The third kappa shape index (κ3) is 13.2. The lowest BCUT2D eigenvalue weighted by Gasteiger charge is -2.15. The molecule has 0 saturated heterocycles. The van der Waals surface area contributed by atoms with E-state index in [0.29, 0.717) is 34.9 Å². The summed E-state index contributed by atoms with van der Waals surface area (Å²) in [7, 11) is 0. The second-order valence-corrected chi connectivity index (χ2v) is 31.2. The van der Waals surface area contributed by atoms with Gasteiger partial charge in [0.1, 0.15) is 22.3 Å². The Morgan fingerprint density at radius 1 is 0.153 bits per heavy atom. The highest BCUT2D eigenvalue weighted by Gasteiger charge is 2.26. The van der Waals surface area contributed by atoms with Crippen LogP contribution in [0.4, 0.5) is 0 Å². The van der Waals surface area contributed by atoms with Gasteiger partial charge in [-0.1, -0.05) is 334 Å². The van der Waals surface area contributed by atoms with Crippen molar-refractivity contribution >= 4 is 87.5 Å². The highest BCUT2D eigenvalue weighted by molar-refractivity contribution is 6.21. The molecule has 0 aliphatic carbocycles. The Morgan fingerprint density at radius 3 is 0.944 bits per heavy atom. The standard InChI is InChI=1S/2C57H36N4O/c1-5-17-37(18-6-1)40-23-15-24-41(33-40)42-31-32-44(48(34-42)57-59-55(38-19-7-2-8-20-38)58-56(60-57)39-21-9-3-10-22-39)46-28-16-30-52-54(46)49-35-47-45-27-13-14-29-50(45)61(43-25-11-4-12-26-43)51(47)36-53(49)62-52;1-5-16-37(17-6-1)40-22-15-23-41(32-40)42-28-30-45(50(33-42)57-59-55(38-18-7-2-8-19-38)58-56(60-57)39-20-9-3-10-21-39)43-29-31-53-48(34-43)49-35-47-46-26-13-14-27-51(46)61(44-24-11-4-12-25-44)52(47)36-54(49)62-53/h2*1-36H. The van der Waals surface area contributed by atoms with Gasteiger partial charge in [-0.2, -0.15) is 0 Å². The second kappa shape index (κ2) is 30.8. The fourth-order valence-corrected chi connectivity index (χ4v) is 17.8. The Morgan fingerprint density at radius 2 is 0.484 bits per heavy atom. The summed E-state index contributed by atoms with van der Waals surface area (Å²) in [5.74, 6) is 3.65. The summed E-state index contributed by atoms with van der Waals surface area (Å²) in [5.41, 5.74) is 28.6. The first-order valence-electron chi connectivity index (χ1n) is 41.7. The summed E-state index contributed by atoms with van der Waals surface area (Å²) in [6.45, 7) is 0. The van der Waals surface area contributed by atoms with Crippen LogP contribution in [-0.2, 0) is 0 Å². The molecule has 0 fully saturated rings. The second-order valence-electron chi connectivity index (χ2n) is 31.2. The molecule has 0 bridgehead atoms. The highest BCUT2D eigenvalue weighted by Crippen LogP contribution is 2.47. The molecule has 0 spiro atoms. The molecule has 0 unspecified atom stereocenters. The lowest BCUT2D eigenvalue weighted by atomic mass is 9.91. The van der Waals surface area contributed by atoms with E-state index in [-0.39, 0.29) is 0 Å². The van der Waals surface area contributed by atoms with Crippen LogP contribution in [0.2, 0.25) is 0 Å². The van der Waals surface area contributed by atoms with Crippen LogP contribution in [0.5, 0.6) is 0 Å². The van der Waals surface area contributed by atoms with Gasteiger partial charge in [0, 0.05) is 100.0 Å². The Bertz CT molecular complexity index is 8080. The van der Waals surface area contributed by atoms with Crippen LogP contribution in [0.15, 0.2) is 446 Å². The van der Waals surface area contributed by atoms with Crippen LogP contribution >= 0.6 is 0 Å². The van der Waals surface area contributed by atoms with Gasteiger partial charge >= 0.3 is 0 Å². The third-order valence-electron chi connectivity index (χ3n) is 23.7. The molecule has 6 aromatic heterocycles. The molecule has 24 aromatic rings. The number of benzene rings is 18. The van der Waals surface area contributed by atoms with Gasteiger partial charge in [0.2, 0.25) is 0 Å². The van der Waals surface area contributed by atoms with Gasteiger partial charge in [-0.25, -0.2) is 29.9 Å². The van der Waals surface area contributed by atoms with E-state index in [2.05, 4.69) is 325 Å². The van der Waals surface area contributed by atoms with E-state index in [4.69, 9.17) is 38.7 Å². The Kier molecular flexibility index (Phi) is 18.0. The molecule has 124 heavy (non-hydrogen) atoms. The van der Waals surface area contributed by atoms with Gasteiger partial charge in [-0.15, -0.1) is 0 Å². The van der Waals surface area contributed by atoms with Crippen molar-refractivity contribution in [1.82, 2.24) is 39.0 Å². The van der Waals surface area contributed by atoms with Crippen molar-refractivity contribution in [2.75, 3.05) is 0 Å². The SMILES string of the molecule is c1ccc(-c2cccc(-c3ccc(-c4ccc5oc6cc7c(cc6c5c4)c4ccccc4n7-c4ccccc4)c(-c4nc(-c5ccccc5)nc(-c5ccccc5)n4)c3)c2)cc1.c1ccc(-c2cccc(-c3ccc(-c4cccc5oc6cc7c(cc6c45)c4ccccc4n7-c4ccccc4)c(-c4nc(-c5ccccc5)nc(-c5ccccc5)n4)c3)c2)cc1. The van der Waals surface area contributed by atoms with Gasteiger partial charge in [0.05, 0.1) is 22.1 Å². The molecule has 0 radical (unpaired) electrons. The molecule has 0 saturated carbocycles. The molecule has 0 aliphatic heterocycles. The van der Waals surface area contributed by atoms with Crippen LogP contribution in [0.3, 0.4) is 0 Å². The zero-order chi connectivity index (χ0) is 82.0. The van der Waals surface area contributed by atoms with Crippen molar-refractivity contribution in [2.45, 2.75) is 0 Å². The average molecular weight is 1590 g/mol. The number of nitrogens with zero attached hydrogens (tertiary/aromatic N) is 8. The minimum atomic E-state index is 0.590. The molecule has 580 valence electrons. The van der Waals surface area contributed by atoms with Crippen molar-refractivity contribution in [1.29, 1.82) is 0 Å². The minimum Gasteiger partial charge on any atom is -0.456 e. The molecule has 0 aliphatic rings. The monoisotopic (exact) mass is 1580 g/mol. The summed E-state index contributed by atoms with van der Waals surface area (Å²) < 4.78 is 18.1. The van der Waals surface area contributed by atoms with E-state index in [1.807, 2.05) is 121 Å². The van der Waals surface area contributed by atoms with Crippen molar-refractivity contribution in [3.8, 4) is 146 Å².